The number of aromatic amines is 1. The van der Waals surface area contributed by atoms with Crippen molar-refractivity contribution in [3.8, 4) is 0 Å². The van der Waals surface area contributed by atoms with Crippen molar-refractivity contribution in [2.45, 2.75) is 52.7 Å². The summed E-state index contributed by atoms with van der Waals surface area (Å²) in [6.07, 6.45) is 3.51. The largest absolute Gasteiger partial charge is 0.492 e. The number of amides is 1. The zero-order valence-electron chi connectivity index (χ0n) is 15.1. The van der Waals surface area contributed by atoms with Crippen molar-refractivity contribution >= 4 is 19.1 Å². The maximum Gasteiger partial charge on any atom is 0.492 e. The van der Waals surface area contributed by atoms with E-state index in [0.29, 0.717) is 12.1 Å². The zero-order valence-corrected chi connectivity index (χ0v) is 15.1. The predicted molar refractivity (Wildman–Crippen MR) is 94.5 cm³/mol. The standard InChI is InChI=1S/C17H25BN2O4/c1-11-7-13(9-20-15(11)22)8-14(10-19-12(2)21)18-23-16(3,4)17(5,6)24-18/h7-9H,10H2,1-6H3,(H,19,21)(H,20,22). The lowest BCUT2D eigenvalue weighted by Gasteiger charge is -2.32. The molecule has 7 heteroatoms. The molecule has 0 radical (unpaired) electrons. The summed E-state index contributed by atoms with van der Waals surface area (Å²) in [7, 11) is -0.561. The smallest absolute Gasteiger partial charge is 0.400 e. The van der Waals surface area contributed by atoms with Gasteiger partial charge in [-0.05, 0) is 51.7 Å². The lowest BCUT2D eigenvalue weighted by atomic mass is 9.77. The Kier molecular flexibility index (Phi) is 5.06. The van der Waals surface area contributed by atoms with Crippen molar-refractivity contribution in [2.75, 3.05) is 6.54 Å². The van der Waals surface area contributed by atoms with E-state index < -0.39 is 18.3 Å². The summed E-state index contributed by atoms with van der Waals surface area (Å²) in [5.41, 5.74) is 1.18. The number of hydrogen-bond donors (Lipinski definition) is 2. The third-order valence-corrected chi connectivity index (χ3v) is 4.56. The molecule has 6 nitrogen and oxygen atoms in total. The van der Waals surface area contributed by atoms with Gasteiger partial charge >= 0.3 is 7.12 Å². The van der Waals surface area contributed by atoms with Crippen LogP contribution in [0.5, 0.6) is 0 Å². The molecule has 0 bridgehead atoms. The number of nitrogens with one attached hydrogen (secondary N) is 2. The van der Waals surface area contributed by atoms with Crippen molar-refractivity contribution in [3.05, 3.63) is 39.2 Å². The topological polar surface area (TPSA) is 80.4 Å². The second kappa shape index (κ2) is 6.57. The summed E-state index contributed by atoms with van der Waals surface area (Å²) in [6, 6.07) is 1.79. The summed E-state index contributed by atoms with van der Waals surface area (Å²) < 4.78 is 12.1. The van der Waals surface area contributed by atoms with Crippen molar-refractivity contribution < 1.29 is 14.1 Å². The second-order valence-electron chi connectivity index (χ2n) is 7.16. The molecule has 1 aliphatic heterocycles. The van der Waals surface area contributed by atoms with Gasteiger partial charge in [0.25, 0.3) is 5.56 Å². The SMILES string of the molecule is CC(=O)NCC(=Cc1c[nH]c(=O)c(C)c1)B1OC(C)(C)C(C)(C)O1. The average molecular weight is 332 g/mol. The van der Waals surface area contributed by atoms with Crippen LogP contribution in [0.2, 0.25) is 0 Å². The molecule has 2 heterocycles. The van der Waals surface area contributed by atoms with Crippen LogP contribution in [-0.4, -0.2) is 35.8 Å². The molecule has 0 saturated carbocycles. The minimum Gasteiger partial charge on any atom is -0.400 e. The van der Waals surface area contributed by atoms with Gasteiger partial charge in [-0.1, -0.05) is 6.08 Å². The second-order valence-corrected chi connectivity index (χ2v) is 7.16. The van der Waals surface area contributed by atoms with Crippen LogP contribution in [-0.2, 0) is 14.1 Å². The summed E-state index contributed by atoms with van der Waals surface area (Å²) in [5, 5.41) is 2.78. The molecule has 0 spiro atoms. The molecule has 1 fully saturated rings. The van der Waals surface area contributed by atoms with Crippen LogP contribution < -0.4 is 10.9 Å². The highest BCUT2D eigenvalue weighted by Gasteiger charge is 2.52. The van der Waals surface area contributed by atoms with Gasteiger partial charge in [-0.25, -0.2) is 0 Å². The van der Waals surface area contributed by atoms with Crippen LogP contribution >= 0.6 is 0 Å². The van der Waals surface area contributed by atoms with Crippen molar-refractivity contribution in [3.63, 3.8) is 0 Å². The number of aromatic nitrogens is 1. The summed E-state index contributed by atoms with van der Waals surface area (Å²) in [6.45, 7) is 11.4. The summed E-state index contributed by atoms with van der Waals surface area (Å²) in [5.74, 6) is -0.130. The van der Waals surface area contributed by atoms with Crippen LogP contribution in [0, 0.1) is 6.92 Å². The fourth-order valence-corrected chi connectivity index (χ4v) is 2.34. The Labute approximate surface area is 142 Å². The van der Waals surface area contributed by atoms with E-state index in [2.05, 4.69) is 10.3 Å². The first kappa shape index (κ1) is 18.5. The highest BCUT2D eigenvalue weighted by Crippen LogP contribution is 2.38. The first-order valence-corrected chi connectivity index (χ1v) is 8.02. The van der Waals surface area contributed by atoms with Crippen LogP contribution in [0.4, 0.5) is 0 Å². The number of H-pyrrole nitrogens is 1. The van der Waals surface area contributed by atoms with Gasteiger partial charge in [0.2, 0.25) is 5.91 Å². The minimum absolute atomic E-state index is 0.119. The van der Waals surface area contributed by atoms with E-state index in [-0.39, 0.29) is 11.5 Å². The molecule has 0 aromatic carbocycles. The van der Waals surface area contributed by atoms with E-state index in [4.69, 9.17) is 9.31 Å². The van der Waals surface area contributed by atoms with E-state index in [1.54, 1.807) is 19.2 Å². The van der Waals surface area contributed by atoms with Gasteiger partial charge in [0, 0.05) is 25.2 Å². The van der Waals surface area contributed by atoms with E-state index in [1.807, 2.05) is 33.8 Å². The molecule has 24 heavy (non-hydrogen) atoms. The number of carbonyl (C=O) groups excluding carboxylic acids is 1. The molecule has 0 unspecified atom stereocenters. The zero-order chi connectivity index (χ0) is 18.1. The van der Waals surface area contributed by atoms with Crippen LogP contribution in [0.15, 0.2) is 22.5 Å². The van der Waals surface area contributed by atoms with E-state index in [1.165, 1.54) is 6.92 Å². The van der Waals surface area contributed by atoms with Crippen molar-refractivity contribution in [1.82, 2.24) is 10.3 Å². The highest BCUT2D eigenvalue weighted by molar-refractivity contribution is 6.56. The van der Waals surface area contributed by atoms with E-state index in [9.17, 15) is 9.59 Å². The molecular weight excluding hydrogens is 307 g/mol. The normalized spacial score (nSPS) is 19.4. The number of aryl methyl sites for hydroxylation is 1. The van der Waals surface area contributed by atoms with Gasteiger partial charge in [0.15, 0.2) is 0 Å². The molecule has 1 amide bonds. The lowest BCUT2D eigenvalue weighted by Crippen LogP contribution is -2.41. The number of hydrogen-bond acceptors (Lipinski definition) is 4. The fourth-order valence-electron chi connectivity index (χ4n) is 2.34. The molecule has 1 aromatic heterocycles. The quantitative estimate of drug-likeness (QED) is 0.825. The Morgan fingerprint density at radius 2 is 1.88 bits per heavy atom. The third-order valence-electron chi connectivity index (χ3n) is 4.56. The highest BCUT2D eigenvalue weighted by atomic mass is 16.7. The molecular formula is C17H25BN2O4. The van der Waals surface area contributed by atoms with E-state index in [0.717, 1.165) is 11.0 Å². The van der Waals surface area contributed by atoms with Gasteiger partial charge in [-0.2, -0.15) is 0 Å². The molecule has 1 aliphatic rings. The average Bonchev–Trinajstić information content (AvgIpc) is 2.67. The first-order valence-electron chi connectivity index (χ1n) is 8.02. The number of rotatable bonds is 4. The Morgan fingerprint density at radius 3 is 2.38 bits per heavy atom. The maximum absolute atomic E-state index is 11.5. The Bertz CT molecular complexity index is 706. The molecule has 2 rings (SSSR count). The molecule has 130 valence electrons. The van der Waals surface area contributed by atoms with Gasteiger partial charge in [-0.3, -0.25) is 9.59 Å². The molecule has 1 saturated heterocycles. The van der Waals surface area contributed by atoms with Crippen molar-refractivity contribution in [1.29, 1.82) is 0 Å². The Balaban J connectivity index is 2.34. The van der Waals surface area contributed by atoms with Gasteiger partial charge in [0.1, 0.15) is 0 Å². The van der Waals surface area contributed by atoms with E-state index >= 15 is 0 Å². The fraction of sp³-hybridized carbons (Fsp3) is 0.529. The summed E-state index contributed by atoms with van der Waals surface area (Å²) in [4.78, 5) is 25.5. The Hall–Kier alpha value is -1.86. The van der Waals surface area contributed by atoms with Crippen LogP contribution in [0.3, 0.4) is 0 Å². The monoisotopic (exact) mass is 332 g/mol. The Morgan fingerprint density at radius 1 is 1.29 bits per heavy atom. The first-order chi connectivity index (χ1) is 11.0. The molecule has 0 atom stereocenters. The third kappa shape index (κ3) is 3.97. The minimum atomic E-state index is -0.561. The predicted octanol–water partition coefficient (Wildman–Crippen LogP) is 1.83. The lowest BCUT2D eigenvalue weighted by molar-refractivity contribution is -0.118. The molecule has 1 aromatic rings. The van der Waals surface area contributed by atoms with Crippen LogP contribution in [0.1, 0.15) is 45.7 Å². The number of pyridine rings is 1. The van der Waals surface area contributed by atoms with Gasteiger partial charge < -0.3 is 19.6 Å². The maximum atomic E-state index is 11.5. The molecule has 2 N–H and O–H groups in total. The van der Waals surface area contributed by atoms with Crippen LogP contribution in [0.25, 0.3) is 6.08 Å². The molecule has 0 aliphatic carbocycles. The number of carbonyl (C=O) groups is 1. The summed E-state index contributed by atoms with van der Waals surface area (Å²) >= 11 is 0. The van der Waals surface area contributed by atoms with Gasteiger partial charge in [-0.15, -0.1) is 0 Å². The van der Waals surface area contributed by atoms with Crippen molar-refractivity contribution in [2.24, 2.45) is 0 Å². The van der Waals surface area contributed by atoms with Gasteiger partial charge in [0.05, 0.1) is 11.2 Å².